The summed E-state index contributed by atoms with van der Waals surface area (Å²) in [6, 6.07) is 5.73. The third-order valence-corrected chi connectivity index (χ3v) is 4.21. The molecular formula is C18H22N4O2S. The van der Waals surface area contributed by atoms with Crippen LogP contribution in [-0.2, 0) is 13.1 Å². The lowest BCUT2D eigenvalue weighted by Crippen LogP contribution is -2.36. The van der Waals surface area contributed by atoms with Gasteiger partial charge in [-0.15, -0.1) is 17.8 Å². The molecule has 0 aliphatic carbocycles. The summed E-state index contributed by atoms with van der Waals surface area (Å²) < 4.78 is 10.8. The van der Waals surface area contributed by atoms with Crippen molar-refractivity contribution in [2.45, 2.75) is 20.0 Å². The largest absolute Gasteiger partial charge is 0.493 e. The molecule has 6 nitrogen and oxygen atoms in total. The van der Waals surface area contributed by atoms with Crippen molar-refractivity contribution >= 4 is 17.3 Å². The number of hydrogen-bond acceptors (Lipinski definition) is 5. The molecule has 7 heteroatoms. The van der Waals surface area contributed by atoms with Crippen LogP contribution >= 0.6 is 11.3 Å². The van der Waals surface area contributed by atoms with Gasteiger partial charge in [-0.05, 0) is 24.6 Å². The molecule has 2 rings (SSSR count). The van der Waals surface area contributed by atoms with Gasteiger partial charge < -0.3 is 20.1 Å². The predicted molar refractivity (Wildman–Crippen MR) is 101 cm³/mol. The van der Waals surface area contributed by atoms with Gasteiger partial charge in [-0.3, -0.25) is 4.99 Å². The fourth-order valence-electron chi connectivity index (χ4n) is 2.11. The maximum absolute atomic E-state index is 5.52. The molecule has 0 aliphatic rings. The summed E-state index contributed by atoms with van der Waals surface area (Å²) >= 11 is 1.67. The minimum atomic E-state index is 0.198. The number of rotatable bonds is 7. The third-order valence-electron chi connectivity index (χ3n) is 3.30. The first-order valence-corrected chi connectivity index (χ1v) is 8.57. The summed E-state index contributed by atoms with van der Waals surface area (Å²) in [7, 11) is 3.33. The van der Waals surface area contributed by atoms with E-state index in [0.29, 0.717) is 30.5 Å². The lowest BCUT2D eigenvalue weighted by Gasteiger charge is -2.13. The van der Waals surface area contributed by atoms with Crippen LogP contribution in [0.25, 0.3) is 0 Å². The second-order valence-electron chi connectivity index (χ2n) is 5.12. The van der Waals surface area contributed by atoms with E-state index in [2.05, 4.69) is 26.5 Å². The average Bonchev–Trinajstić information content (AvgIpc) is 3.05. The summed E-state index contributed by atoms with van der Waals surface area (Å²) in [6.45, 7) is 3.46. The normalized spacial score (nSPS) is 10.9. The van der Waals surface area contributed by atoms with Crippen LogP contribution in [0.2, 0.25) is 0 Å². The van der Waals surface area contributed by atoms with Crippen molar-refractivity contribution in [1.29, 1.82) is 0 Å². The van der Waals surface area contributed by atoms with Gasteiger partial charge in [0.25, 0.3) is 0 Å². The summed E-state index contributed by atoms with van der Waals surface area (Å²) in [6.07, 6.45) is 7.12. The Morgan fingerprint density at radius 3 is 2.76 bits per heavy atom. The van der Waals surface area contributed by atoms with Crippen LogP contribution in [-0.4, -0.2) is 31.7 Å². The van der Waals surface area contributed by atoms with Crippen LogP contribution in [0.1, 0.15) is 15.4 Å². The Morgan fingerprint density at radius 1 is 1.32 bits per heavy atom. The quantitative estimate of drug-likeness (QED) is 0.452. The summed E-state index contributed by atoms with van der Waals surface area (Å²) in [5, 5.41) is 7.53. The minimum absolute atomic E-state index is 0.198. The van der Waals surface area contributed by atoms with Crippen LogP contribution in [0.4, 0.5) is 0 Å². The molecule has 2 aromatic rings. The first-order chi connectivity index (χ1) is 12.2. The fourth-order valence-corrected chi connectivity index (χ4v) is 2.84. The average molecular weight is 358 g/mol. The zero-order valence-electron chi connectivity index (χ0n) is 14.6. The highest BCUT2D eigenvalue weighted by Crippen LogP contribution is 2.27. The Hall–Kier alpha value is -2.72. The maximum atomic E-state index is 5.52. The van der Waals surface area contributed by atoms with E-state index in [1.807, 2.05) is 31.3 Å². The molecular weight excluding hydrogens is 336 g/mol. The molecule has 0 aliphatic heterocycles. The van der Waals surface area contributed by atoms with Gasteiger partial charge in [0.05, 0.1) is 13.7 Å². The summed E-state index contributed by atoms with van der Waals surface area (Å²) in [4.78, 5) is 9.74. The van der Waals surface area contributed by atoms with Crippen molar-refractivity contribution in [1.82, 2.24) is 15.6 Å². The van der Waals surface area contributed by atoms with Gasteiger partial charge >= 0.3 is 0 Å². The van der Waals surface area contributed by atoms with E-state index < -0.39 is 0 Å². The molecule has 25 heavy (non-hydrogen) atoms. The number of nitrogens with one attached hydrogen (secondary N) is 2. The van der Waals surface area contributed by atoms with E-state index >= 15 is 0 Å². The number of terminal acetylenes is 1. The van der Waals surface area contributed by atoms with Crippen molar-refractivity contribution < 1.29 is 9.47 Å². The van der Waals surface area contributed by atoms with Crippen LogP contribution in [0.15, 0.2) is 29.4 Å². The van der Waals surface area contributed by atoms with Crippen molar-refractivity contribution in [3.05, 3.63) is 39.8 Å². The number of aromatic nitrogens is 1. The van der Waals surface area contributed by atoms with Crippen molar-refractivity contribution in [3.63, 3.8) is 0 Å². The molecule has 0 spiro atoms. The molecule has 1 heterocycles. The highest BCUT2D eigenvalue weighted by atomic mass is 32.1. The third kappa shape index (κ3) is 5.69. The lowest BCUT2D eigenvalue weighted by molar-refractivity contribution is 0.330. The van der Waals surface area contributed by atoms with Crippen molar-refractivity contribution in [3.8, 4) is 23.8 Å². The minimum Gasteiger partial charge on any atom is -0.493 e. The molecule has 132 valence electrons. The zero-order valence-corrected chi connectivity index (χ0v) is 15.4. The predicted octanol–water partition coefficient (Wildman–Crippen LogP) is 2.34. The number of benzene rings is 1. The van der Waals surface area contributed by atoms with Gasteiger partial charge in [0.2, 0.25) is 0 Å². The molecule has 2 N–H and O–H groups in total. The summed E-state index contributed by atoms with van der Waals surface area (Å²) in [5.74, 6) is 4.44. The SMILES string of the molecule is C#CCOc1cc(CNC(=NC)NCc2ncc(C)s2)ccc1OC. The molecule has 0 saturated heterocycles. The Balaban J connectivity index is 1.93. The van der Waals surface area contributed by atoms with Gasteiger partial charge in [-0.1, -0.05) is 12.0 Å². The Labute approximate surface area is 152 Å². The molecule has 0 bridgehead atoms. The highest BCUT2D eigenvalue weighted by molar-refractivity contribution is 7.11. The second-order valence-corrected chi connectivity index (χ2v) is 6.44. The number of aryl methyl sites for hydroxylation is 1. The smallest absolute Gasteiger partial charge is 0.191 e. The number of guanidine groups is 1. The number of thiazole rings is 1. The van der Waals surface area contributed by atoms with Crippen LogP contribution in [0.3, 0.4) is 0 Å². The Morgan fingerprint density at radius 2 is 2.12 bits per heavy atom. The first-order valence-electron chi connectivity index (χ1n) is 7.75. The number of aliphatic imine (C=N–C) groups is 1. The van der Waals surface area contributed by atoms with Gasteiger partial charge in [0.1, 0.15) is 11.6 Å². The maximum Gasteiger partial charge on any atom is 0.191 e. The Kier molecular flexibility index (Phi) is 7.11. The van der Waals surface area contributed by atoms with Crippen LogP contribution < -0.4 is 20.1 Å². The highest BCUT2D eigenvalue weighted by Gasteiger charge is 2.07. The van der Waals surface area contributed by atoms with Crippen molar-refractivity contribution in [2.24, 2.45) is 4.99 Å². The molecule has 0 amide bonds. The van der Waals surface area contributed by atoms with Gasteiger partial charge in [0.15, 0.2) is 17.5 Å². The number of methoxy groups -OCH3 is 1. The Bertz CT molecular complexity index is 765. The molecule has 0 radical (unpaired) electrons. The number of ether oxygens (including phenoxy) is 2. The lowest BCUT2D eigenvalue weighted by atomic mass is 10.2. The zero-order chi connectivity index (χ0) is 18.1. The van der Waals surface area contributed by atoms with Gasteiger partial charge in [-0.25, -0.2) is 4.98 Å². The van der Waals surface area contributed by atoms with Crippen LogP contribution in [0, 0.1) is 19.3 Å². The molecule has 0 fully saturated rings. The van der Waals surface area contributed by atoms with Crippen molar-refractivity contribution in [2.75, 3.05) is 20.8 Å². The van der Waals surface area contributed by atoms with E-state index in [1.54, 1.807) is 25.5 Å². The van der Waals surface area contributed by atoms with Crippen LogP contribution in [0.5, 0.6) is 11.5 Å². The molecule has 1 aromatic heterocycles. The monoisotopic (exact) mass is 358 g/mol. The molecule has 1 aromatic carbocycles. The standard InChI is InChI=1S/C18H22N4O2S/c1-5-8-24-16-9-14(6-7-15(16)23-4)11-21-18(19-3)22-12-17-20-10-13(2)25-17/h1,6-7,9-10H,8,11-12H2,2-4H3,(H2,19,21,22). The first kappa shape index (κ1) is 18.6. The second kappa shape index (κ2) is 9.55. The van der Waals surface area contributed by atoms with E-state index in [4.69, 9.17) is 15.9 Å². The topological polar surface area (TPSA) is 67.8 Å². The van der Waals surface area contributed by atoms with E-state index in [0.717, 1.165) is 10.6 Å². The molecule has 0 saturated carbocycles. The van der Waals surface area contributed by atoms with Gasteiger partial charge in [0, 0.05) is 24.7 Å². The molecule has 0 unspecified atom stereocenters. The number of nitrogens with zero attached hydrogens (tertiary/aromatic N) is 2. The summed E-state index contributed by atoms with van der Waals surface area (Å²) in [5.41, 5.74) is 1.03. The van der Waals surface area contributed by atoms with E-state index in [9.17, 15) is 0 Å². The number of hydrogen-bond donors (Lipinski definition) is 2. The van der Waals surface area contributed by atoms with E-state index in [-0.39, 0.29) is 6.61 Å². The van der Waals surface area contributed by atoms with Gasteiger partial charge in [-0.2, -0.15) is 0 Å². The fraction of sp³-hybridized carbons (Fsp3) is 0.333. The van der Waals surface area contributed by atoms with E-state index in [1.165, 1.54) is 4.88 Å². The molecule has 0 atom stereocenters.